The number of hydrogen-bond donors (Lipinski definition) is 1. The normalized spacial score (nSPS) is 10.8. The molecule has 0 aromatic carbocycles. The van der Waals surface area contributed by atoms with Crippen LogP contribution in [0.1, 0.15) is 20.8 Å². The minimum absolute atomic E-state index is 0.0977. The SMILES string of the molecule is C=C(C)C(=O)NC=C(C)C(=O)N(C)CC. The highest BCUT2D eigenvalue weighted by Crippen LogP contribution is 1.97. The van der Waals surface area contributed by atoms with Gasteiger partial charge in [0.1, 0.15) is 0 Å². The fraction of sp³-hybridized carbons (Fsp3) is 0.455. The molecule has 0 aliphatic rings. The van der Waals surface area contributed by atoms with Crippen molar-refractivity contribution in [2.45, 2.75) is 20.8 Å². The van der Waals surface area contributed by atoms with Crippen molar-refractivity contribution in [1.29, 1.82) is 0 Å². The van der Waals surface area contributed by atoms with Crippen molar-refractivity contribution in [1.82, 2.24) is 10.2 Å². The first-order valence-corrected chi connectivity index (χ1v) is 4.78. The van der Waals surface area contributed by atoms with Crippen LogP contribution < -0.4 is 5.32 Å². The van der Waals surface area contributed by atoms with Crippen molar-refractivity contribution in [3.63, 3.8) is 0 Å². The van der Waals surface area contributed by atoms with E-state index in [4.69, 9.17) is 0 Å². The van der Waals surface area contributed by atoms with Crippen molar-refractivity contribution < 1.29 is 9.59 Å². The number of nitrogens with one attached hydrogen (secondary N) is 1. The molecule has 4 nitrogen and oxygen atoms in total. The fourth-order valence-corrected chi connectivity index (χ4v) is 0.803. The lowest BCUT2D eigenvalue weighted by Crippen LogP contribution is -2.28. The number of likely N-dealkylation sites (N-methyl/N-ethyl adjacent to an activating group) is 1. The third-order valence-electron chi connectivity index (χ3n) is 1.97. The Morgan fingerprint density at radius 2 is 1.93 bits per heavy atom. The standard InChI is InChI=1S/C11H18N2O2/c1-6-13(5)11(15)9(4)7-12-10(14)8(2)3/h7H,2,6H2,1,3-5H3,(H,12,14). The van der Waals surface area contributed by atoms with Gasteiger partial charge in [-0.25, -0.2) is 0 Å². The van der Waals surface area contributed by atoms with Gasteiger partial charge in [-0.2, -0.15) is 0 Å². The summed E-state index contributed by atoms with van der Waals surface area (Å²) in [5, 5.41) is 2.49. The van der Waals surface area contributed by atoms with Gasteiger partial charge in [0.2, 0.25) is 5.91 Å². The van der Waals surface area contributed by atoms with Gasteiger partial charge in [-0.1, -0.05) is 6.58 Å². The van der Waals surface area contributed by atoms with E-state index in [1.165, 1.54) is 6.20 Å². The highest BCUT2D eigenvalue weighted by Gasteiger charge is 2.08. The van der Waals surface area contributed by atoms with Crippen LogP contribution in [0.25, 0.3) is 0 Å². The number of amides is 2. The van der Waals surface area contributed by atoms with Crippen LogP contribution in [-0.4, -0.2) is 30.3 Å². The van der Waals surface area contributed by atoms with Crippen LogP contribution in [0, 0.1) is 0 Å². The van der Waals surface area contributed by atoms with Crippen molar-refractivity contribution >= 4 is 11.8 Å². The highest BCUT2D eigenvalue weighted by atomic mass is 16.2. The topological polar surface area (TPSA) is 49.4 Å². The van der Waals surface area contributed by atoms with Gasteiger partial charge >= 0.3 is 0 Å². The molecule has 0 heterocycles. The molecule has 0 aliphatic carbocycles. The third kappa shape index (κ3) is 4.44. The van der Waals surface area contributed by atoms with Crippen molar-refractivity contribution in [2.75, 3.05) is 13.6 Å². The number of nitrogens with zero attached hydrogens (tertiary/aromatic N) is 1. The van der Waals surface area contributed by atoms with E-state index >= 15 is 0 Å². The molecule has 0 radical (unpaired) electrons. The molecule has 0 aromatic heterocycles. The lowest BCUT2D eigenvalue weighted by molar-refractivity contribution is -0.125. The Morgan fingerprint density at radius 3 is 2.33 bits per heavy atom. The summed E-state index contributed by atoms with van der Waals surface area (Å²) >= 11 is 0. The average Bonchev–Trinajstić information content (AvgIpc) is 2.22. The smallest absolute Gasteiger partial charge is 0.250 e. The summed E-state index contributed by atoms with van der Waals surface area (Å²) < 4.78 is 0. The largest absolute Gasteiger partial charge is 0.342 e. The molecule has 0 bridgehead atoms. The van der Waals surface area contributed by atoms with Gasteiger partial charge in [0.15, 0.2) is 0 Å². The Morgan fingerprint density at radius 1 is 1.40 bits per heavy atom. The Bertz CT molecular complexity index is 306. The van der Waals surface area contributed by atoms with Gasteiger partial charge < -0.3 is 10.2 Å². The molecular formula is C11H18N2O2. The van der Waals surface area contributed by atoms with E-state index in [9.17, 15) is 9.59 Å². The van der Waals surface area contributed by atoms with Crippen LogP contribution >= 0.6 is 0 Å². The molecule has 4 heteroatoms. The number of hydrogen-bond acceptors (Lipinski definition) is 2. The zero-order valence-corrected chi connectivity index (χ0v) is 9.76. The monoisotopic (exact) mass is 210 g/mol. The maximum atomic E-state index is 11.5. The Balaban J connectivity index is 4.38. The van der Waals surface area contributed by atoms with Crippen LogP contribution in [0.2, 0.25) is 0 Å². The third-order valence-corrected chi connectivity index (χ3v) is 1.97. The van der Waals surface area contributed by atoms with Crippen LogP contribution in [-0.2, 0) is 9.59 Å². The van der Waals surface area contributed by atoms with Crippen LogP contribution in [0.15, 0.2) is 23.9 Å². The molecule has 0 saturated heterocycles. The molecule has 0 rings (SSSR count). The van der Waals surface area contributed by atoms with Gasteiger partial charge in [-0.3, -0.25) is 9.59 Å². The van der Waals surface area contributed by atoms with Crippen molar-refractivity contribution in [3.05, 3.63) is 23.9 Å². The summed E-state index contributed by atoms with van der Waals surface area (Å²) in [7, 11) is 1.71. The summed E-state index contributed by atoms with van der Waals surface area (Å²) in [5.74, 6) is -0.374. The highest BCUT2D eigenvalue weighted by molar-refractivity contribution is 5.96. The predicted octanol–water partition coefficient (Wildman–Crippen LogP) is 1.06. The summed E-state index contributed by atoms with van der Waals surface area (Å²) in [6.07, 6.45) is 1.41. The second-order valence-electron chi connectivity index (χ2n) is 3.40. The van der Waals surface area contributed by atoms with Gasteiger partial charge in [0.25, 0.3) is 5.91 Å². The lowest BCUT2D eigenvalue weighted by atomic mass is 10.3. The Hall–Kier alpha value is -1.58. The van der Waals surface area contributed by atoms with Crippen LogP contribution in [0.3, 0.4) is 0 Å². The molecule has 0 atom stereocenters. The van der Waals surface area contributed by atoms with Crippen molar-refractivity contribution in [2.24, 2.45) is 0 Å². The van der Waals surface area contributed by atoms with E-state index in [0.717, 1.165) is 0 Å². The molecular weight excluding hydrogens is 192 g/mol. The van der Waals surface area contributed by atoms with E-state index in [-0.39, 0.29) is 11.8 Å². The summed E-state index contributed by atoms with van der Waals surface area (Å²) in [6, 6.07) is 0. The molecule has 1 N–H and O–H groups in total. The van der Waals surface area contributed by atoms with Crippen LogP contribution in [0.4, 0.5) is 0 Å². The fourth-order valence-electron chi connectivity index (χ4n) is 0.803. The molecule has 0 saturated carbocycles. The predicted molar refractivity (Wildman–Crippen MR) is 60.0 cm³/mol. The van der Waals surface area contributed by atoms with Crippen molar-refractivity contribution in [3.8, 4) is 0 Å². The molecule has 2 amide bonds. The van der Waals surface area contributed by atoms with E-state index in [1.54, 1.807) is 25.8 Å². The summed E-state index contributed by atoms with van der Waals surface area (Å²) in [6.45, 7) is 9.29. The van der Waals surface area contributed by atoms with Gasteiger partial charge in [0, 0.05) is 30.9 Å². The zero-order valence-electron chi connectivity index (χ0n) is 9.76. The van der Waals surface area contributed by atoms with E-state index in [2.05, 4.69) is 11.9 Å². The maximum Gasteiger partial charge on any atom is 0.250 e. The Kier molecular flexibility index (Phi) is 5.37. The minimum atomic E-state index is -0.277. The molecule has 0 fully saturated rings. The molecule has 0 aromatic rings. The molecule has 15 heavy (non-hydrogen) atoms. The summed E-state index contributed by atoms with van der Waals surface area (Å²) in [5.41, 5.74) is 0.907. The van der Waals surface area contributed by atoms with Crippen LogP contribution in [0.5, 0.6) is 0 Å². The molecule has 0 unspecified atom stereocenters. The van der Waals surface area contributed by atoms with Gasteiger partial charge in [-0.05, 0) is 20.8 Å². The number of carbonyl (C=O) groups excluding carboxylic acids is 2. The zero-order chi connectivity index (χ0) is 12.0. The lowest BCUT2D eigenvalue weighted by Gasteiger charge is -2.14. The molecule has 84 valence electrons. The first-order chi connectivity index (χ1) is 6.90. The second kappa shape index (κ2) is 6.01. The quantitative estimate of drug-likeness (QED) is 0.705. The Labute approximate surface area is 90.6 Å². The first-order valence-electron chi connectivity index (χ1n) is 4.78. The van der Waals surface area contributed by atoms with Gasteiger partial charge in [-0.15, -0.1) is 0 Å². The average molecular weight is 210 g/mol. The van der Waals surface area contributed by atoms with E-state index in [1.807, 2.05) is 6.92 Å². The van der Waals surface area contributed by atoms with E-state index in [0.29, 0.717) is 17.7 Å². The maximum absolute atomic E-state index is 11.5. The number of carbonyl (C=O) groups is 2. The number of rotatable bonds is 4. The van der Waals surface area contributed by atoms with Gasteiger partial charge in [0.05, 0.1) is 0 Å². The second-order valence-corrected chi connectivity index (χ2v) is 3.40. The molecule has 0 spiro atoms. The first kappa shape index (κ1) is 13.4. The minimum Gasteiger partial charge on any atom is -0.342 e. The molecule has 0 aliphatic heterocycles. The van der Waals surface area contributed by atoms with E-state index < -0.39 is 0 Å². The summed E-state index contributed by atoms with van der Waals surface area (Å²) in [4.78, 5) is 24.2.